The Morgan fingerprint density at radius 1 is 1.02 bits per heavy atom. The van der Waals surface area contributed by atoms with E-state index in [9.17, 15) is 29.7 Å². The number of ether oxygens (including phenoxy) is 5. The molecule has 5 aliphatic rings. The number of aliphatic hydroxyl groups excluding tert-OH is 2. The number of aliphatic hydroxyl groups is 2. The summed E-state index contributed by atoms with van der Waals surface area (Å²) in [4.78, 5) is 63.2. The number of hydrogen-bond acceptors (Lipinski definition) is 15. The molecule has 1 fully saturated rings. The maximum atomic E-state index is 15.0. The summed E-state index contributed by atoms with van der Waals surface area (Å²) in [7, 11) is 1.46. The summed E-state index contributed by atoms with van der Waals surface area (Å²) in [6.45, 7) is 17.3. The fraction of sp³-hybridized carbons (Fsp3) is 0.523. The second-order valence-corrected chi connectivity index (χ2v) is 15.8. The summed E-state index contributed by atoms with van der Waals surface area (Å²) >= 11 is 0. The van der Waals surface area contributed by atoms with Gasteiger partial charge in [-0.15, -0.1) is 0 Å². The number of phenols is 1. The second kappa shape index (κ2) is 19.0. The summed E-state index contributed by atoms with van der Waals surface area (Å²) in [6.07, 6.45) is 5.19. The first-order valence-corrected chi connectivity index (χ1v) is 20.0. The highest BCUT2D eigenvalue weighted by Crippen LogP contribution is 2.49. The van der Waals surface area contributed by atoms with Crippen LogP contribution in [0.1, 0.15) is 80.3 Å². The Hall–Kier alpha value is -5.29. The highest BCUT2D eigenvalue weighted by molar-refractivity contribution is 6.33. The molecule has 1 amide bonds. The number of rotatable bonds is 6. The Morgan fingerprint density at radius 2 is 1.70 bits per heavy atom. The smallest absolute Gasteiger partial charge is 0.302 e. The largest absolute Gasteiger partial charge is 0.507 e. The lowest BCUT2D eigenvalue weighted by atomic mass is 9.78. The number of nitrogens with one attached hydrogen (secondary N) is 1. The summed E-state index contributed by atoms with van der Waals surface area (Å²) in [5.74, 6) is -7.62. The van der Waals surface area contributed by atoms with Crippen LogP contribution in [0.3, 0.4) is 0 Å². The van der Waals surface area contributed by atoms with Gasteiger partial charge in [0.1, 0.15) is 35.6 Å². The Kier molecular flexibility index (Phi) is 14.5. The molecule has 6 rings (SSSR count). The number of hydrogen-bond donors (Lipinski definition) is 4. The van der Waals surface area contributed by atoms with Crippen LogP contribution < -0.4 is 10.1 Å². The summed E-state index contributed by atoms with van der Waals surface area (Å²) in [6, 6.07) is 0. The molecule has 16 heteroatoms. The van der Waals surface area contributed by atoms with Crippen molar-refractivity contribution >= 4 is 29.2 Å². The van der Waals surface area contributed by atoms with E-state index >= 15 is 4.79 Å². The number of amides is 1. The number of nitrogens with zero attached hydrogens (tertiary/aromatic N) is 2. The molecule has 1 aliphatic carbocycles. The number of fused-ring (bicyclic) bond motifs is 14. The van der Waals surface area contributed by atoms with Gasteiger partial charge in [0.05, 0.1) is 54.5 Å². The first-order chi connectivity index (χ1) is 28.4. The third-order valence-electron chi connectivity index (χ3n) is 11.6. The second-order valence-electron chi connectivity index (χ2n) is 15.8. The van der Waals surface area contributed by atoms with E-state index in [2.05, 4.69) is 17.1 Å². The van der Waals surface area contributed by atoms with E-state index in [1.165, 1.54) is 53.2 Å². The van der Waals surface area contributed by atoms with Crippen LogP contribution in [0.25, 0.3) is 0 Å². The minimum Gasteiger partial charge on any atom is -0.507 e. The molecule has 9 atom stereocenters. The Labute approximate surface area is 350 Å². The predicted octanol–water partition coefficient (Wildman–Crippen LogP) is 4.01. The van der Waals surface area contributed by atoms with Crippen LogP contribution in [-0.2, 0) is 33.4 Å². The molecule has 1 aromatic rings. The molecule has 4 heterocycles. The maximum absolute atomic E-state index is 15.0. The molecule has 0 saturated carbocycles. The average Bonchev–Trinajstić information content (AvgIpc) is 3.51. The van der Waals surface area contributed by atoms with E-state index in [4.69, 9.17) is 28.5 Å². The molecule has 0 radical (unpaired) electrons. The van der Waals surface area contributed by atoms with Crippen molar-refractivity contribution in [3.8, 4) is 11.5 Å². The fourth-order valence-electron chi connectivity index (χ4n) is 8.06. The van der Waals surface area contributed by atoms with Crippen LogP contribution in [-0.4, -0.2) is 120 Å². The minimum absolute atomic E-state index is 0.00841. The topological polar surface area (TPSA) is 212 Å². The SMILES string of the molecule is C=CCO/N=C1/c2c3c(C)c(O)c4c2C(=O)C(N2CCOCC2)=C(NC(=O)/C(C)=C\C=C\[C@H](C)[C@H](O)[C@@H](C)[C@@H](O)[C@@H](C)[C@H](OC(C)=O)[C@H](C)[C@@H](OC)/C=C/O[C@@]1(C)O3)C4=O. The van der Waals surface area contributed by atoms with Crippen LogP contribution in [0.5, 0.6) is 11.5 Å². The molecule has 5 bridgehead atoms. The molecule has 4 aliphatic heterocycles. The Bertz CT molecular complexity index is 2030. The monoisotopic (exact) mass is 835 g/mol. The van der Waals surface area contributed by atoms with Crippen molar-refractivity contribution in [2.45, 2.75) is 85.6 Å². The summed E-state index contributed by atoms with van der Waals surface area (Å²) in [5.41, 5.74) is -0.760. The number of aromatic hydroxyl groups is 1. The van der Waals surface area contributed by atoms with Gasteiger partial charge in [0, 0.05) is 68.9 Å². The normalized spacial score (nSPS) is 33.0. The zero-order valence-electron chi connectivity index (χ0n) is 35.6. The van der Waals surface area contributed by atoms with E-state index in [0.29, 0.717) is 0 Å². The zero-order chi connectivity index (χ0) is 44.2. The first-order valence-electron chi connectivity index (χ1n) is 20.0. The highest BCUT2D eigenvalue weighted by Gasteiger charge is 2.52. The van der Waals surface area contributed by atoms with Gasteiger partial charge in [0.2, 0.25) is 11.6 Å². The van der Waals surface area contributed by atoms with Crippen molar-refractivity contribution in [2.24, 2.45) is 28.8 Å². The van der Waals surface area contributed by atoms with Crippen molar-refractivity contribution in [3.05, 3.63) is 82.4 Å². The number of oxime groups is 1. The van der Waals surface area contributed by atoms with Gasteiger partial charge in [-0.25, -0.2) is 0 Å². The lowest BCUT2D eigenvalue weighted by molar-refractivity contribution is -0.160. The van der Waals surface area contributed by atoms with Gasteiger partial charge in [-0.2, -0.15) is 0 Å². The van der Waals surface area contributed by atoms with Gasteiger partial charge in [-0.05, 0) is 19.9 Å². The van der Waals surface area contributed by atoms with Crippen molar-refractivity contribution in [1.82, 2.24) is 10.2 Å². The standard InChI is InChI=1S/C44H57N3O13/c1-11-18-58-46-42-32-30-31-37(51)27(7)41(32)60-44(42,9)57-19-15-29(55-10)24(4)40(59-28(8)48)26(6)36(50)25(5)35(49)22(2)13-12-14-23(3)43(54)45-33(38(31)52)34(39(30)53)47-16-20-56-21-17-47/h11-15,19,22,24-26,29,35-36,40,49-51H,1,16-18,20-21H2,2-10H3,(H,45,54)/b13-12+,19-15+,23-14-,46-42-/t22-,24+,25+,26+,29-,35-,36+,40+,44-/m0/s1. The maximum Gasteiger partial charge on any atom is 0.302 e. The quantitative estimate of drug-likeness (QED) is 0.138. The van der Waals surface area contributed by atoms with Crippen LogP contribution in [0.4, 0.5) is 0 Å². The lowest BCUT2D eigenvalue weighted by Gasteiger charge is -2.38. The van der Waals surface area contributed by atoms with Gasteiger partial charge in [-0.1, -0.05) is 63.7 Å². The van der Waals surface area contributed by atoms with Gasteiger partial charge in [0.25, 0.3) is 11.7 Å². The van der Waals surface area contributed by atoms with E-state index < -0.39 is 83.1 Å². The number of morpholine rings is 1. The van der Waals surface area contributed by atoms with Gasteiger partial charge in [-0.3, -0.25) is 19.2 Å². The number of methoxy groups -OCH3 is 1. The molecular weight excluding hydrogens is 778 g/mol. The molecule has 0 spiro atoms. The highest BCUT2D eigenvalue weighted by atomic mass is 16.7. The van der Waals surface area contributed by atoms with Crippen molar-refractivity contribution in [2.75, 3.05) is 40.0 Å². The van der Waals surface area contributed by atoms with E-state index in [1.807, 2.05) is 0 Å². The molecule has 1 aromatic carbocycles. The fourth-order valence-corrected chi connectivity index (χ4v) is 8.06. The number of carbonyl (C=O) groups excluding carboxylic acids is 4. The van der Waals surface area contributed by atoms with Crippen LogP contribution >= 0.6 is 0 Å². The van der Waals surface area contributed by atoms with Crippen molar-refractivity contribution in [1.29, 1.82) is 0 Å². The molecule has 16 nitrogen and oxygen atoms in total. The third-order valence-corrected chi connectivity index (χ3v) is 11.6. The number of carbonyl (C=O) groups is 4. The number of Topliss-reactive ketones (excluding diaryl/α,β-unsaturated/α-hetero) is 2. The predicted molar refractivity (Wildman–Crippen MR) is 219 cm³/mol. The molecule has 4 N–H and O–H groups in total. The van der Waals surface area contributed by atoms with Crippen molar-refractivity contribution < 1.29 is 63.0 Å². The van der Waals surface area contributed by atoms with Gasteiger partial charge >= 0.3 is 5.97 Å². The molecule has 0 unspecified atom stereocenters. The van der Waals surface area contributed by atoms with E-state index in [1.54, 1.807) is 50.8 Å². The van der Waals surface area contributed by atoms with Gasteiger partial charge < -0.3 is 54.1 Å². The van der Waals surface area contributed by atoms with E-state index in [0.717, 1.165) is 0 Å². The molecular formula is C44H57N3O13. The number of esters is 1. The summed E-state index contributed by atoms with van der Waals surface area (Å²) in [5, 5.41) is 41.7. The number of allylic oxidation sites excluding steroid dienone is 4. The molecule has 1 saturated heterocycles. The van der Waals surface area contributed by atoms with Gasteiger partial charge in [0.15, 0.2) is 5.71 Å². The Morgan fingerprint density at radius 3 is 2.33 bits per heavy atom. The number of benzene rings is 1. The van der Waals surface area contributed by atoms with E-state index in [-0.39, 0.29) is 83.6 Å². The number of ketones is 2. The number of phenolic OH excluding ortho intramolecular Hbond substituents is 1. The minimum atomic E-state index is -1.83. The first kappa shape index (κ1) is 45.8. The molecule has 0 aromatic heterocycles. The summed E-state index contributed by atoms with van der Waals surface area (Å²) < 4.78 is 29.9. The van der Waals surface area contributed by atoms with Crippen molar-refractivity contribution in [3.63, 3.8) is 0 Å². The molecule has 60 heavy (non-hydrogen) atoms. The van der Waals surface area contributed by atoms with Crippen LogP contribution in [0.2, 0.25) is 0 Å². The zero-order valence-corrected chi connectivity index (χ0v) is 35.6. The van der Waals surface area contributed by atoms with Crippen LogP contribution in [0.15, 0.2) is 65.3 Å². The lowest BCUT2D eigenvalue weighted by Crippen LogP contribution is -2.46. The third kappa shape index (κ3) is 8.92. The average molecular weight is 836 g/mol. The van der Waals surface area contributed by atoms with Crippen LogP contribution in [0, 0.1) is 30.6 Å². The molecule has 326 valence electrons. The Balaban J connectivity index is 1.73.